The second-order valence-electron chi connectivity index (χ2n) is 4.33. The first kappa shape index (κ1) is 16.6. The third-order valence-electron chi connectivity index (χ3n) is 2.83. The first-order chi connectivity index (χ1) is 9.99. The number of hydrogen-bond donors (Lipinski definition) is 4. The first-order valence-electron chi connectivity index (χ1n) is 6.26. The molecule has 21 heavy (non-hydrogen) atoms. The van der Waals surface area contributed by atoms with Gasteiger partial charge in [-0.2, -0.15) is 0 Å². The summed E-state index contributed by atoms with van der Waals surface area (Å²) in [5.74, 6) is -0.884. The number of amides is 1. The van der Waals surface area contributed by atoms with E-state index in [1.165, 1.54) is 24.1 Å². The Morgan fingerprint density at radius 2 is 2.10 bits per heavy atom. The van der Waals surface area contributed by atoms with Gasteiger partial charge in [0.1, 0.15) is 17.3 Å². The number of nitrogens with two attached hydrogens (primary N) is 1. The second kappa shape index (κ2) is 7.95. The van der Waals surface area contributed by atoms with Gasteiger partial charge in [-0.3, -0.25) is 4.79 Å². The minimum Gasteiger partial charge on any atom is -0.508 e. The summed E-state index contributed by atoms with van der Waals surface area (Å²) in [7, 11) is 1.50. The average Bonchev–Trinajstić information content (AvgIpc) is 2.46. The lowest BCUT2D eigenvalue weighted by atomic mass is 10.1. The van der Waals surface area contributed by atoms with Gasteiger partial charge in [0, 0.05) is 32.7 Å². The Labute approximate surface area is 122 Å². The summed E-state index contributed by atoms with van der Waals surface area (Å²) in [4.78, 5) is 13.8. The van der Waals surface area contributed by atoms with Crippen LogP contribution in [0.3, 0.4) is 0 Å². The summed E-state index contributed by atoms with van der Waals surface area (Å²) in [5, 5.41) is 30.3. The van der Waals surface area contributed by atoms with Gasteiger partial charge in [0.2, 0.25) is 0 Å². The molecule has 1 aromatic carbocycles. The summed E-state index contributed by atoms with van der Waals surface area (Å²) in [5.41, 5.74) is 5.45. The molecule has 8 heteroatoms. The van der Waals surface area contributed by atoms with E-state index in [0.717, 1.165) is 6.07 Å². The van der Waals surface area contributed by atoms with Crippen LogP contribution in [0.25, 0.3) is 0 Å². The number of methoxy groups -OCH3 is 1. The number of aromatic hydroxyl groups is 2. The third kappa shape index (κ3) is 4.84. The highest BCUT2D eigenvalue weighted by Crippen LogP contribution is 2.23. The Hall–Kier alpha value is -2.48. The fourth-order valence-electron chi connectivity index (χ4n) is 1.69. The van der Waals surface area contributed by atoms with Gasteiger partial charge in [-0.05, 0) is 12.1 Å². The molecule has 0 aliphatic heterocycles. The smallest absolute Gasteiger partial charge is 0.257 e. The van der Waals surface area contributed by atoms with Crippen molar-refractivity contribution in [2.75, 3.05) is 26.8 Å². The molecule has 1 amide bonds. The maximum absolute atomic E-state index is 12.4. The van der Waals surface area contributed by atoms with Crippen LogP contribution in [0.5, 0.6) is 11.5 Å². The molecule has 0 fully saturated rings. The highest BCUT2D eigenvalue weighted by atomic mass is 16.5. The molecule has 1 aromatic rings. The van der Waals surface area contributed by atoms with Gasteiger partial charge in [0.05, 0.1) is 12.2 Å². The lowest BCUT2D eigenvalue weighted by Gasteiger charge is -2.22. The van der Waals surface area contributed by atoms with Crippen molar-refractivity contribution in [3.8, 4) is 11.5 Å². The minimum atomic E-state index is -0.435. The predicted molar refractivity (Wildman–Crippen MR) is 75.6 cm³/mol. The quantitative estimate of drug-likeness (QED) is 0.248. The van der Waals surface area contributed by atoms with Crippen molar-refractivity contribution in [1.82, 2.24) is 4.90 Å². The summed E-state index contributed by atoms with van der Waals surface area (Å²) in [6, 6.07) is 3.73. The van der Waals surface area contributed by atoms with Crippen LogP contribution >= 0.6 is 0 Å². The molecule has 0 spiro atoms. The van der Waals surface area contributed by atoms with E-state index in [2.05, 4.69) is 5.16 Å². The zero-order valence-electron chi connectivity index (χ0n) is 11.7. The van der Waals surface area contributed by atoms with Crippen LogP contribution in [0.2, 0.25) is 0 Å². The topological polar surface area (TPSA) is 129 Å². The summed E-state index contributed by atoms with van der Waals surface area (Å²) in [6.07, 6.45) is 0.185. The van der Waals surface area contributed by atoms with Crippen LogP contribution in [0.1, 0.15) is 16.8 Å². The van der Waals surface area contributed by atoms with E-state index >= 15 is 0 Å². The van der Waals surface area contributed by atoms with E-state index in [-0.39, 0.29) is 42.4 Å². The Kier molecular flexibility index (Phi) is 6.28. The molecule has 116 valence electrons. The molecule has 0 unspecified atom stereocenters. The molecule has 0 saturated carbocycles. The van der Waals surface area contributed by atoms with Crippen LogP contribution in [-0.2, 0) is 4.74 Å². The van der Waals surface area contributed by atoms with Crippen molar-refractivity contribution in [2.45, 2.75) is 6.42 Å². The molecule has 0 heterocycles. The number of phenols is 2. The zero-order chi connectivity index (χ0) is 15.8. The Morgan fingerprint density at radius 1 is 1.38 bits per heavy atom. The minimum absolute atomic E-state index is 0.000134. The van der Waals surface area contributed by atoms with E-state index in [0.29, 0.717) is 6.61 Å². The number of carbonyl (C=O) groups is 1. The average molecular weight is 297 g/mol. The van der Waals surface area contributed by atoms with Gasteiger partial charge in [-0.1, -0.05) is 5.16 Å². The van der Waals surface area contributed by atoms with Gasteiger partial charge in [0.15, 0.2) is 0 Å². The highest BCUT2D eigenvalue weighted by molar-refractivity contribution is 5.97. The van der Waals surface area contributed by atoms with Crippen molar-refractivity contribution >= 4 is 11.7 Å². The second-order valence-corrected chi connectivity index (χ2v) is 4.33. The maximum Gasteiger partial charge on any atom is 0.257 e. The van der Waals surface area contributed by atoms with E-state index < -0.39 is 5.91 Å². The Balaban J connectivity index is 2.87. The molecule has 5 N–H and O–H groups in total. The Bertz CT molecular complexity index is 519. The van der Waals surface area contributed by atoms with Gasteiger partial charge in [-0.15, -0.1) is 0 Å². The van der Waals surface area contributed by atoms with Crippen molar-refractivity contribution in [2.24, 2.45) is 10.9 Å². The number of phenolic OH excluding ortho intramolecular Hbond substituents is 2. The molecule has 0 bridgehead atoms. The van der Waals surface area contributed by atoms with Gasteiger partial charge >= 0.3 is 0 Å². The molecule has 0 aliphatic carbocycles. The molecule has 8 nitrogen and oxygen atoms in total. The molecular formula is C13H19N3O5. The first-order valence-corrected chi connectivity index (χ1v) is 6.26. The van der Waals surface area contributed by atoms with Crippen molar-refractivity contribution in [3.05, 3.63) is 23.8 Å². The lowest BCUT2D eigenvalue weighted by molar-refractivity contribution is 0.0697. The zero-order valence-corrected chi connectivity index (χ0v) is 11.7. The largest absolute Gasteiger partial charge is 0.508 e. The lowest BCUT2D eigenvalue weighted by Crippen LogP contribution is -2.36. The number of ether oxygens (including phenoxy) is 1. The standard InChI is InChI=1S/C13H19N3O5/c1-21-7-6-16(5-4-12(14)15-20)13(19)10-3-2-9(17)8-11(10)18/h2-3,8,17-18,20H,4-7H2,1H3,(H2,14,15). The van der Waals surface area contributed by atoms with Crippen LogP contribution in [0.15, 0.2) is 23.4 Å². The molecule has 0 aromatic heterocycles. The molecule has 0 atom stereocenters. The van der Waals surface area contributed by atoms with Gasteiger partial charge in [0.25, 0.3) is 5.91 Å². The van der Waals surface area contributed by atoms with Gasteiger partial charge < -0.3 is 30.8 Å². The summed E-state index contributed by atoms with van der Waals surface area (Å²) in [6.45, 7) is 0.799. The molecule has 0 radical (unpaired) electrons. The maximum atomic E-state index is 12.4. The number of oxime groups is 1. The van der Waals surface area contributed by atoms with Crippen molar-refractivity contribution in [1.29, 1.82) is 0 Å². The van der Waals surface area contributed by atoms with Crippen LogP contribution in [0, 0.1) is 0 Å². The van der Waals surface area contributed by atoms with Crippen LogP contribution < -0.4 is 5.73 Å². The normalized spacial score (nSPS) is 11.4. The molecule has 0 saturated heterocycles. The fraction of sp³-hybridized carbons (Fsp3) is 0.385. The number of hydrogen-bond acceptors (Lipinski definition) is 6. The SMILES string of the molecule is COCCN(CC/C(N)=N/O)C(=O)c1ccc(O)cc1O. The number of amidine groups is 1. The summed E-state index contributed by atoms with van der Waals surface area (Å²) >= 11 is 0. The summed E-state index contributed by atoms with van der Waals surface area (Å²) < 4.78 is 4.93. The van der Waals surface area contributed by atoms with Crippen LogP contribution in [0.4, 0.5) is 0 Å². The van der Waals surface area contributed by atoms with Crippen molar-refractivity contribution < 1.29 is 25.0 Å². The number of carbonyl (C=O) groups excluding carboxylic acids is 1. The van der Waals surface area contributed by atoms with E-state index in [9.17, 15) is 15.0 Å². The van der Waals surface area contributed by atoms with E-state index in [1.54, 1.807) is 0 Å². The highest BCUT2D eigenvalue weighted by Gasteiger charge is 2.19. The van der Waals surface area contributed by atoms with E-state index in [4.69, 9.17) is 15.7 Å². The predicted octanol–water partition coefficient (Wildman–Crippen LogP) is 0.323. The Morgan fingerprint density at radius 3 is 2.67 bits per heavy atom. The van der Waals surface area contributed by atoms with Gasteiger partial charge in [-0.25, -0.2) is 0 Å². The molecule has 0 aliphatic rings. The number of rotatable bonds is 7. The number of benzene rings is 1. The van der Waals surface area contributed by atoms with E-state index in [1.807, 2.05) is 0 Å². The van der Waals surface area contributed by atoms with Crippen LogP contribution in [-0.4, -0.2) is 58.9 Å². The monoisotopic (exact) mass is 297 g/mol. The number of nitrogens with zero attached hydrogens (tertiary/aromatic N) is 2. The fourth-order valence-corrected chi connectivity index (χ4v) is 1.69. The third-order valence-corrected chi connectivity index (χ3v) is 2.83. The molecule has 1 rings (SSSR count). The van der Waals surface area contributed by atoms with Crippen molar-refractivity contribution in [3.63, 3.8) is 0 Å². The molecular weight excluding hydrogens is 278 g/mol.